The van der Waals surface area contributed by atoms with Gasteiger partial charge >= 0.3 is 0 Å². The number of anilines is 1. The molecule has 124 valence electrons. The van der Waals surface area contributed by atoms with Gasteiger partial charge in [0.2, 0.25) is 10.1 Å². The van der Waals surface area contributed by atoms with Crippen molar-refractivity contribution in [2.45, 2.75) is 13.8 Å². The highest BCUT2D eigenvalue weighted by Gasteiger charge is 2.15. The van der Waals surface area contributed by atoms with Crippen molar-refractivity contribution in [3.05, 3.63) is 65.2 Å². The first-order valence-corrected chi connectivity index (χ1v) is 8.59. The lowest BCUT2D eigenvalue weighted by molar-refractivity contribution is 0.102. The predicted octanol–water partition coefficient (Wildman–Crippen LogP) is 3.72. The Kier molecular flexibility index (Phi) is 3.77. The van der Waals surface area contributed by atoms with Crippen LogP contribution in [0.5, 0.6) is 0 Å². The molecule has 0 fully saturated rings. The lowest BCUT2D eigenvalue weighted by Gasteiger charge is -2.02. The van der Waals surface area contributed by atoms with Crippen molar-refractivity contribution in [2.75, 3.05) is 5.32 Å². The molecule has 25 heavy (non-hydrogen) atoms. The number of fused-ring (bicyclic) bond motifs is 1. The zero-order chi connectivity index (χ0) is 17.4. The number of hydrogen-bond donors (Lipinski definition) is 1. The Morgan fingerprint density at radius 3 is 2.60 bits per heavy atom. The lowest BCUT2D eigenvalue weighted by atomic mass is 10.1. The molecule has 0 saturated heterocycles. The van der Waals surface area contributed by atoms with E-state index < -0.39 is 0 Å². The third-order valence-electron chi connectivity index (χ3n) is 3.80. The van der Waals surface area contributed by atoms with Crippen LogP contribution in [0.3, 0.4) is 0 Å². The molecule has 1 amide bonds. The van der Waals surface area contributed by atoms with Crippen LogP contribution in [0.2, 0.25) is 0 Å². The number of aryl methyl sites for hydroxylation is 2. The van der Waals surface area contributed by atoms with Gasteiger partial charge in [-0.1, -0.05) is 58.9 Å². The quantitative estimate of drug-likeness (QED) is 0.612. The first-order valence-electron chi connectivity index (χ1n) is 7.77. The van der Waals surface area contributed by atoms with Crippen LogP contribution in [0.15, 0.2) is 48.5 Å². The maximum Gasteiger partial charge on any atom is 0.257 e. The maximum atomic E-state index is 12.4. The van der Waals surface area contributed by atoms with Crippen molar-refractivity contribution in [1.82, 2.24) is 19.8 Å². The highest BCUT2D eigenvalue weighted by Crippen LogP contribution is 2.24. The molecule has 0 aliphatic carbocycles. The fourth-order valence-corrected chi connectivity index (χ4v) is 3.24. The average Bonchev–Trinajstić information content (AvgIpc) is 3.16. The third-order valence-corrected chi connectivity index (χ3v) is 4.62. The van der Waals surface area contributed by atoms with Gasteiger partial charge in [0.05, 0.1) is 0 Å². The predicted molar refractivity (Wildman–Crippen MR) is 98.0 cm³/mol. The molecule has 0 aliphatic rings. The van der Waals surface area contributed by atoms with E-state index in [9.17, 15) is 4.79 Å². The van der Waals surface area contributed by atoms with E-state index in [-0.39, 0.29) is 5.91 Å². The lowest BCUT2D eigenvalue weighted by Crippen LogP contribution is -2.12. The number of amides is 1. The van der Waals surface area contributed by atoms with E-state index in [1.165, 1.54) is 16.9 Å². The summed E-state index contributed by atoms with van der Waals surface area (Å²) in [6, 6.07) is 15.4. The van der Waals surface area contributed by atoms with E-state index in [1.54, 1.807) is 10.6 Å². The summed E-state index contributed by atoms with van der Waals surface area (Å²) in [5.74, 6) is 0.466. The number of aromatic nitrogens is 4. The summed E-state index contributed by atoms with van der Waals surface area (Å²) in [5.41, 5.74) is 3.74. The minimum absolute atomic E-state index is 0.189. The number of nitrogens with one attached hydrogen (secondary N) is 1. The van der Waals surface area contributed by atoms with Gasteiger partial charge in [-0.15, -0.1) is 15.3 Å². The Morgan fingerprint density at radius 2 is 1.84 bits per heavy atom. The summed E-state index contributed by atoms with van der Waals surface area (Å²) >= 11 is 1.29. The molecule has 0 spiro atoms. The van der Waals surface area contributed by atoms with Crippen molar-refractivity contribution in [1.29, 1.82) is 0 Å². The summed E-state index contributed by atoms with van der Waals surface area (Å²) in [5, 5.41) is 16.1. The molecule has 2 heterocycles. The highest BCUT2D eigenvalue weighted by atomic mass is 32.1. The molecule has 0 unspecified atom stereocenters. The van der Waals surface area contributed by atoms with Crippen LogP contribution in [0, 0.1) is 13.8 Å². The minimum atomic E-state index is -0.189. The Bertz CT molecular complexity index is 1060. The molecule has 0 radical (unpaired) electrons. The van der Waals surface area contributed by atoms with Gasteiger partial charge in [-0.3, -0.25) is 10.1 Å². The van der Waals surface area contributed by atoms with Gasteiger partial charge in [0.25, 0.3) is 5.91 Å². The number of carbonyl (C=O) groups is 1. The average molecular weight is 349 g/mol. The van der Waals surface area contributed by atoms with Crippen LogP contribution in [0.1, 0.15) is 21.5 Å². The second-order valence-corrected chi connectivity index (χ2v) is 6.77. The Hall–Kier alpha value is -3.06. The molecule has 2 aromatic carbocycles. The Morgan fingerprint density at radius 1 is 1.04 bits per heavy atom. The van der Waals surface area contributed by atoms with Gasteiger partial charge in [-0.2, -0.15) is 4.52 Å². The molecule has 0 bridgehead atoms. The summed E-state index contributed by atoms with van der Waals surface area (Å²) < 4.78 is 1.65. The van der Waals surface area contributed by atoms with E-state index in [4.69, 9.17) is 0 Å². The maximum absolute atomic E-state index is 12.4. The van der Waals surface area contributed by atoms with Crippen LogP contribution >= 0.6 is 11.3 Å². The third kappa shape index (κ3) is 3.01. The van der Waals surface area contributed by atoms with Gasteiger partial charge in [0, 0.05) is 11.1 Å². The molecular formula is C18H15N5OS. The normalized spacial score (nSPS) is 11.0. The highest BCUT2D eigenvalue weighted by molar-refractivity contribution is 7.20. The van der Waals surface area contributed by atoms with E-state index in [2.05, 4.69) is 20.6 Å². The number of rotatable bonds is 3. The number of nitrogens with zero attached hydrogens (tertiary/aromatic N) is 4. The van der Waals surface area contributed by atoms with E-state index in [1.807, 2.05) is 56.3 Å². The molecular weight excluding hydrogens is 334 g/mol. The zero-order valence-electron chi connectivity index (χ0n) is 13.7. The zero-order valence-corrected chi connectivity index (χ0v) is 14.5. The van der Waals surface area contributed by atoms with Crippen LogP contribution in [-0.4, -0.2) is 25.7 Å². The van der Waals surface area contributed by atoms with E-state index >= 15 is 0 Å². The molecule has 7 heteroatoms. The fraction of sp³-hybridized carbons (Fsp3) is 0.111. The van der Waals surface area contributed by atoms with E-state index in [0.717, 1.165) is 11.1 Å². The number of carbonyl (C=O) groups excluding carboxylic acids is 1. The number of benzene rings is 2. The van der Waals surface area contributed by atoms with Gasteiger partial charge in [-0.25, -0.2) is 0 Å². The monoisotopic (exact) mass is 349 g/mol. The summed E-state index contributed by atoms with van der Waals surface area (Å²) in [6.07, 6.45) is 0. The molecule has 0 atom stereocenters. The van der Waals surface area contributed by atoms with Gasteiger partial charge in [-0.05, 0) is 26.0 Å². The van der Waals surface area contributed by atoms with E-state index in [0.29, 0.717) is 21.5 Å². The van der Waals surface area contributed by atoms with Gasteiger partial charge in [0.1, 0.15) is 0 Å². The minimum Gasteiger partial charge on any atom is -0.296 e. The van der Waals surface area contributed by atoms with Gasteiger partial charge < -0.3 is 0 Å². The molecule has 0 saturated carbocycles. The van der Waals surface area contributed by atoms with Crippen molar-refractivity contribution < 1.29 is 4.79 Å². The second-order valence-electron chi connectivity index (χ2n) is 5.81. The number of hydrogen-bond acceptors (Lipinski definition) is 5. The SMILES string of the molecule is Cc1ccc(-c2nnc3sc(NC(=O)c4cccc(C)c4)nn23)cc1. The van der Waals surface area contributed by atoms with Crippen LogP contribution < -0.4 is 5.32 Å². The summed E-state index contributed by atoms with van der Waals surface area (Å²) in [4.78, 5) is 13.0. The van der Waals surface area contributed by atoms with Gasteiger partial charge in [0.15, 0.2) is 5.82 Å². The Balaban J connectivity index is 1.64. The largest absolute Gasteiger partial charge is 0.296 e. The van der Waals surface area contributed by atoms with Crippen LogP contribution in [0.4, 0.5) is 5.13 Å². The molecule has 4 aromatic rings. The van der Waals surface area contributed by atoms with Crippen molar-refractivity contribution in [2.24, 2.45) is 0 Å². The smallest absolute Gasteiger partial charge is 0.257 e. The second kappa shape index (κ2) is 6.10. The molecule has 4 rings (SSSR count). The van der Waals surface area contributed by atoms with Crippen molar-refractivity contribution >= 4 is 27.3 Å². The first kappa shape index (κ1) is 15.5. The molecule has 1 N–H and O–H groups in total. The Labute approximate surface area is 148 Å². The van der Waals surface area contributed by atoms with Crippen LogP contribution in [-0.2, 0) is 0 Å². The topological polar surface area (TPSA) is 72.2 Å². The molecule has 2 aromatic heterocycles. The molecule has 6 nitrogen and oxygen atoms in total. The standard InChI is InChI=1S/C18H15N5OS/c1-11-6-8-13(9-7-11)15-20-21-18-23(15)22-17(25-18)19-16(24)14-5-3-4-12(2)10-14/h3-10H,1-2H3,(H,19,22,24). The molecule has 0 aliphatic heterocycles. The summed E-state index contributed by atoms with van der Waals surface area (Å²) in [7, 11) is 0. The summed E-state index contributed by atoms with van der Waals surface area (Å²) in [6.45, 7) is 3.98. The van der Waals surface area contributed by atoms with Crippen molar-refractivity contribution in [3.8, 4) is 11.4 Å². The fourth-order valence-electron chi connectivity index (χ4n) is 2.51. The first-order chi connectivity index (χ1) is 12.1. The van der Waals surface area contributed by atoms with Crippen molar-refractivity contribution in [3.63, 3.8) is 0 Å². The van der Waals surface area contributed by atoms with Crippen LogP contribution in [0.25, 0.3) is 16.3 Å².